The summed E-state index contributed by atoms with van der Waals surface area (Å²) in [5.41, 5.74) is 18.4. The number of rotatable bonds is 4. The summed E-state index contributed by atoms with van der Waals surface area (Å²) >= 11 is 0. The Hall–Kier alpha value is -6.92. The van der Waals surface area contributed by atoms with Crippen LogP contribution in [-0.2, 0) is 21.7 Å². The van der Waals surface area contributed by atoms with Crippen molar-refractivity contribution in [2.24, 2.45) is 0 Å². The first-order valence-electron chi connectivity index (χ1n) is 24.6. The molecule has 4 aliphatic rings. The highest BCUT2D eigenvalue weighted by atomic mass is 16.5. The average Bonchev–Trinajstić information content (AvgIpc) is 3.68. The number of nitrogens with zero attached hydrogens (tertiary/aromatic N) is 3. The highest BCUT2D eigenvalue weighted by Gasteiger charge is 2.42. The largest absolute Gasteiger partial charge is 0.458 e. The molecule has 0 amide bonds. The molecule has 0 atom stereocenters. The van der Waals surface area contributed by atoms with Gasteiger partial charge in [-0.1, -0.05) is 152 Å². The second-order valence-electron chi connectivity index (χ2n) is 22.7. The normalized spacial score (nSPS) is 17.6. The maximum absolute atomic E-state index is 7.09. The quantitative estimate of drug-likeness (QED) is 0.165. The van der Waals surface area contributed by atoms with Gasteiger partial charge in [-0.15, -0.1) is 0 Å². The molecule has 334 valence electrons. The standard InChI is InChI=1S/C62H56BN3O2/c1-59(2)25-27-61(5,6)47-29-37(17-21-45(47)59)39-19-23-49-53(31-39)67-55-33-41(42-35-64-58(65-36-42)66-51-15-11-9-13-43(51)44-14-10-12-16-52(44)66)34-56-57(55)63(49)50-24-20-40(32-54(50)68-56)38-18-22-46-48(30-38)62(7,8)28-26-60(46,3)4/h9-24,29-36H,25-28H2,1-8H3. The Bertz CT molecular complexity index is 3390. The van der Waals surface area contributed by atoms with Gasteiger partial charge in [0.2, 0.25) is 5.95 Å². The van der Waals surface area contributed by atoms with Gasteiger partial charge in [0, 0.05) is 34.2 Å². The number of fused-ring (bicyclic) bond motifs is 9. The molecule has 2 aliphatic carbocycles. The first kappa shape index (κ1) is 41.3. The van der Waals surface area contributed by atoms with Crippen LogP contribution in [0.5, 0.6) is 23.0 Å². The minimum Gasteiger partial charge on any atom is -0.458 e. The Kier molecular flexibility index (Phi) is 8.69. The van der Waals surface area contributed by atoms with E-state index in [0.717, 1.165) is 72.7 Å². The molecule has 7 aromatic carbocycles. The third-order valence-corrected chi connectivity index (χ3v) is 16.6. The second-order valence-corrected chi connectivity index (χ2v) is 22.7. The van der Waals surface area contributed by atoms with Crippen molar-refractivity contribution in [3.63, 3.8) is 0 Å². The van der Waals surface area contributed by atoms with Crippen molar-refractivity contribution in [3.8, 4) is 62.3 Å². The Balaban J connectivity index is 0.939. The molecule has 5 nitrogen and oxygen atoms in total. The molecule has 2 aliphatic heterocycles. The smallest absolute Gasteiger partial charge is 0.260 e. The molecule has 0 unspecified atom stereocenters. The van der Waals surface area contributed by atoms with Gasteiger partial charge in [0.05, 0.1) is 11.0 Å². The lowest BCUT2D eigenvalue weighted by Gasteiger charge is -2.42. The van der Waals surface area contributed by atoms with Crippen LogP contribution in [0.1, 0.15) is 103 Å². The Morgan fingerprint density at radius 2 is 0.809 bits per heavy atom. The summed E-state index contributed by atoms with van der Waals surface area (Å²) in [5.74, 6) is 3.95. The summed E-state index contributed by atoms with van der Waals surface area (Å²) in [5, 5.41) is 2.36. The summed E-state index contributed by atoms with van der Waals surface area (Å²) in [7, 11) is 0. The number of aromatic nitrogens is 3. The number of hydrogen-bond acceptors (Lipinski definition) is 4. The van der Waals surface area contributed by atoms with E-state index in [1.165, 1.54) is 69.8 Å². The van der Waals surface area contributed by atoms with Gasteiger partial charge in [-0.2, -0.15) is 0 Å². The van der Waals surface area contributed by atoms with Gasteiger partial charge < -0.3 is 9.47 Å². The molecular weight excluding hydrogens is 830 g/mol. The minimum atomic E-state index is -0.0786. The highest BCUT2D eigenvalue weighted by Crippen LogP contribution is 2.49. The van der Waals surface area contributed by atoms with Crippen LogP contribution >= 0.6 is 0 Å². The average molecular weight is 886 g/mol. The van der Waals surface area contributed by atoms with Gasteiger partial charge in [-0.25, -0.2) is 9.97 Å². The van der Waals surface area contributed by atoms with Gasteiger partial charge in [0.1, 0.15) is 23.0 Å². The Labute approximate surface area is 400 Å². The minimum absolute atomic E-state index is 0.0786. The Morgan fingerprint density at radius 1 is 0.412 bits per heavy atom. The van der Waals surface area contributed by atoms with E-state index < -0.39 is 0 Å². The molecule has 0 N–H and O–H groups in total. The van der Waals surface area contributed by atoms with Gasteiger partial charge in [-0.3, -0.25) is 4.57 Å². The number of para-hydroxylation sites is 2. The van der Waals surface area contributed by atoms with Crippen LogP contribution < -0.4 is 25.9 Å². The zero-order valence-corrected chi connectivity index (χ0v) is 40.4. The van der Waals surface area contributed by atoms with E-state index in [0.29, 0.717) is 5.95 Å². The van der Waals surface area contributed by atoms with Crippen LogP contribution in [0.2, 0.25) is 0 Å². The predicted octanol–water partition coefficient (Wildman–Crippen LogP) is 14.0. The van der Waals surface area contributed by atoms with E-state index >= 15 is 0 Å². The lowest BCUT2D eigenvalue weighted by molar-refractivity contribution is 0.332. The van der Waals surface area contributed by atoms with E-state index in [4.69, 9.17) is 19.4 Å². The molecule has 9 aromatic rings. The topological polar surface area (TPSA) is 49.2 Å². The Morgan fingerprint density at radius 3 is 1.28 bits per heavy atom. The van der Waals surface area contributed by atoms with Crippen LogP contribution in [0.4, 0.5) is 0 Å². The van der Waals surface area contributed by atoms with E-state index in [9.17, 15) is 0 Å². The fourth-order valence-corrected chi connectivity index (χ4v) is 12.3. The molecule has 0 fully saturated rings. The van der Waals surface area contributed by atoms with Gasteiger partial charge in [0.15, 0.2) is 0 Å². The molecule has 0 spiro atoms. The molecule has 0 bridgehead atoms. The molecule has 0 saturated carbocycles. The van der Waals surface area contributed by atoms with Crippen LogP contribution in [0, 0.1) is 0 Å². The van der Waals surface area contributed by atoms with Crippen LogP contribution in [0.25, 0.3) is 61.1 Å². The summed E-state index contributed by atoms with van der Waals surface area (Å²) in [6.07, 6.45) is 8.59. The van der Waals surface area contributed by atoms with E-state index in [1.807, 2.05) is 12.4 Å². The highest BCUT2D eigenvalue weighted by molar-refractivity contribution is 6.98. The van der Waals surface area contributed by atoms with Crippen molar-refractivity contribution in [3.05, 3.63) is 168 Å². The van der Waals surface area contributed by atoms with Gasteiger partial charge in [0.25, 0.3) is 6.71 Å². The summed E-state index contributed by atoms with van der Waals surface area (Å²) in [6.45, 7) is 19.1. The number of ether oxygens (including phenoxy) is 2. The third kappa shape index (κ3) is 6.22. The van der Waals surface area contributed by atoms with Gasteiger partial charge >= 0.3 is 0 Å². The van der Waals surface area contributed by atoms with Crippen molar-refractivity contribution in [1.29, 1.82) is 0 Å². The van der Waals surface area contributed by atoms with Crippen LogP contribution in [0.3, 0.4) is 0 Å². The maximum Gasteiger partial charge on any atom is 0.260 e. The van der Waals surface area contributed by atoms with Gasteiger partial charge in [-0.05, 0) is 145 Å². The van der Waals surface area contributed by atoms with Crippen molar-refractivity contribution in [2.75, 3.05) is 0 Å². The number of hydrogen-bond donors (Lipinski definition) is 0. The summed E-state index contributed by atoms with van der Waals surface area (Å²) in [6, 6.07) is 49.2. The fourth-order valence-electron chi connectivity index (χ4n) is 12.3. The lowest BCUT2D eigenvalue weighted by Crippen LogP contribution is -2.57. The van der Waals surface area contributed by atoms with Crippen molar-refractivity contribution < 1.29 is 9.47 Å². The van der Waals surface area contributed by atoms with Crippen molar-refractivity contribution >= 4 is 44.9 Å². The van der Waals surface area contributed by atoms with Crippen LogP contribution in [0.15, 0.2) is 146 Å². The molecule has 0 saturated heterocycles. The molecular formula is C62H56BN3O2. The first-order chi connectivity index (χ1) is 32.6. The SMILES string of the molecule is CC1(C)CCC(C)(C)c2cc(-c3ccc4c(c3)Oc3cc(-c5cnc(-n6c7ccccc7c7ccccc76)nc5)cc5c3B4c3ccc(-c4ccc6c(c4)C(C)(C)CCC6(C)C)cc3O5)ccc21. The zero-order chi connectivity index (χ0) is 46.5. The fraction of sp³-hybridized carbons (Fsp3) is 0.258. The second kappa shape index (κ2) is 14.3. The third-order valence-electron chi connectivity index (χ3n) is 16.6. The van der Waals surface area contributed by atoms with Crippen molar-refractivity contribution in [2.45, 2.75) is 103 Å². The summed E-state index contributed by atoms with van der Waals surface area (Å²) in [4.78, 5) is 10.1. The zero-order valence-electron chi connectivity index (χ0n) is 40.4. The monoisotopic (exact) mass is 885 g/mol. The molecule has 6 heteroatoms. The van der Waals surface area contributed by atoms with E-state index in [1.54, 1.807) is 0 Å². The maximum atomic E-state index is 7.09. The molecule has 2 aromatic heterocycles. The number of benzene rings is 7. The molecule has 13 rings (SSSR count). The molecule has 68 heavy (non-hydrogen) atoms. The van der Waals surface area contributed by atoms with E-state index in [-0.39, 0.29) is 28.4 Å². The molecule has 4 heterocycles. The molecule has 0 radical (unpaired) electrons. The lowest BCUT2D eigenvalue weighted by atomic mass is 9.34. The van der Waals surface area contributed by atoms with E-state index in [2.05, 4.69) is 193 Å². The first-order valence-corrected chi connectivity index (χ1v) is 24.6. The predicted molar refractivity (Wildman–Crippen MR) is 281 cm³/mol. The van der Waals surface area contributed by atoms with Crippen molar-refractivity contribution in [1.82, 2.24) is 14.5 Å². The van der Waals surface area contributed by atoms with Crippen LogP contribution in [-0.4, -0.2) is 21.2 Å². The summed E-state index contributed by atoms with van der Waals surface area (Å²) < 4.78 is 16.3.